The molecule has 1 atom stereocenters. The van der Waals surface area contributed by atoms with E-state index in [4.69, 9.17) is 4.74 Å². The van der Waals surface area contributed by atoms with Crippen molar-refractivity contribution in [2.75, 3.05) is 26.2 Å². The van der Waals surface area contributed by atoms with Crippen molar-refractivity contribution in [3.05, 3.63) is 34.1 Å². The molecule has 0 aromatic heterocycles. The zero-order valence-electron chi connectivity index (χ0n) is 9.51. The van der Waals surface area contributed by atoms with Crippen molar-refractivity contribution in [2.24, 2.45) is 0 Å². The van der Waals surface area contributed by atoms with Crippen molar-refractivity contribution in [1.82, 2.24) is 10.6 Å². The number of halogens is 2. The molecule has 0 aliphatic carbocycles. The highest BCUT2D eigenvalue weighted by atomic mass is 79.9. The summed E-state index contributed by atoms with van der Waals surface area (Å²) in [6, 6.07) is 4.97. The van der Waals surface area contributed by atoms with Gasteiger partial charge in [0.25, 0.3) is 0 Å². The number of rotatable bonds is 4. The Morgan fingerprint density at radius 2 is 2.41 bits per heavy atom. The Kier molecular flexibility index (Phi) is 4.91. The molecule has 1 fully saturated rings. The third kappa shape index (κ3) is 4.03. The summed E-state index contributed by atoms with van der Waals surface area (Å²) in [6.07, 6.45) is 0.180. The van der Waals surface area contributed by atoms with E-state index in [0.29, 0.717) is 12.1 Å². The Bertz CT molecular complexity index is 370. The maximum absolute atomic E-state index is 13.4. The van der Waals surface area contributed by atoms with Gasteiger partial charge >= 0.3 is 0 Å². The van der Waals surface area contributed by atoms with Crippen LogP contribution in [0.3, 0.4) is 0 Å². The Morgan fingerprint density at radius 1 is 1.53 bits per heavy atom. The number of hydrogen-bond donors (Lipinski definition) is 2. The molecule has 2 N–H and O–H groups in total. The summed E-state index contributed by atoms with van der Waals surface area (Å²) < 4.78 is 19.9. The van der Waals surface area contributed by atoms with E-state index in [1.165, 1.54) is 6.07 Å². The first-order valence-corrected chi connectivity index (χ1v) is 6.52. The highest BCUT2D eigenvalue weighted by Gasteiger charge is 2.12. The quantitative estimate of drug-likeness (QED) is 0.888. The van der Waals surface area contributed by atoms with E-state index in [2.05, 4.69) is 26.6 Å². The molecule has 3 nitrogen and oxygen atoms in total. The summed E-state index contributed by atoms with van der Waals surface area (Å²) >= 11 is 3.34. The van der Waals surface area contributed by atoms with Crippen molar-refractivity contribution in [1.29, 1.82) is 0 Å². The number of benzene rings is 1. The van der Waals surface area contributed by atoms with E-state index in [9.17, 15) is 4.39 Å². The van der Waals surface area contributed by atoms with Crippen molar-refractivity contribution in [3.63, 3.8) is 0 Å². The van der Waals surface area contributed by atoms with Gasteiger partial charge in [-0.15, -0.1) is 0 Å². The van der Waals surface area contributed by atoms with Gasteiger partial charge in [-0.2, -0.15) is 0 Å². The predicted molar refractivity (Wildman–Crippen MR) is 68.4 cm³/mol. The molecular formula is C12H16BrFN2O. The highest BCUT2D eigenvalue weighted by Crippen LogP contribution is 2.15. The number of morpholine rings is 1. The Morgan fingerprint density at radius 3 is 3.18 bits per heavy atom. The van der Waals surface area contributed by atoms with Gasteiger partial charge in [0.15, 0.2) is 0 Å². The number of nitrogens with one attached hydrogen (secondary N) is 2. The van der Waals surface area contributed by atoms with E-state index < -0.39 is 0 Å². The second-order valence-corrected chi connectivity index (χ2v) is 4.98. The smallest absolute Gasteiger partial charge is 0.127 e. The molecule has 0 bridgehead atoms. The molecule has 1 aliphatic heterocycles. The van der Waals surface area contributed by atoms with Crippen LogP contribution in [0.15, 0.2) is 22.7 Å². The van der Waals surface area contributed by atoms with Crippen molar-refractivity contribution in [2.45, 2.75) is 12.6 Å². The highest BCUT2D eigenvalue weighted by molar-refractivity contribution is 9.10. The van der Waals surface area contributed by atoms with Gasteiger partial charge in [0.05, 0.1) is 12.7 Å². The lowest BCUT2D eigenvalue weighted by molar-refractivity contribution is 0.0290. The summed E-state index contributed by atoms with van der Waals surface area (Å²) in [5.41, 5.74) is 0.670. The summed E-state index contributed by atoms with van der Waals surface area (Å²) in [5.74, 6) is -0.177. The average Bonchev–Trinajstić information content (AvgIpc) is 2.35. The van der Waals surface area contributed by atoms with Crippen LogP contribution >= 0.6 is 15.9 Å². The van der Waals surface area contributed by atoms with Crippen LogP contribution in [0, 0.1) is 5.82 Å². The van der Waals surface area contributed by atoms with E-state index in [0.717, 1.165) is 30.7 Å². The Labute approximate surface area is 109 Å². The first kappa shape index (κ1) is 13.0. The van der Waals surface area contributed by atoms with Crippen LogP contribution in [0.25, 0.3) is 0 Å². The van der Waals surface area contributed by atoms with Crippen LogP contribution in [0.1, 0.15) is 5.56 Å². The van der Waals surface area contributed by atoms with Gasteiger partial charge in [-0.1, -0.05) is 15.9 Å². The molecule has 17 heavy (non-hydrogen) atoms. The summed E-state index contributed by atoms with van der Waals surface area (Å²) in [4.78, 5) is 0. The molecule has 94 valence electrons. The zero-order valence-corrected chi connectivity index (χ0v) is 11.1. The van der Waals surface area contributed by atoms with Crippen LogP contribution in [0.2, 0.25) is 0 Å². The molecule has 1 aromatic rings. The second kappa shape index (κ2) is 6.44. The monoisotopic (exact) mass is 302 g/mol. The standard InChI is InChI=1S/C12H16BrFN2O/c13-10-1-2-12(14)9(5-10)6-16-8-11-7-15-3-4-17-11/h1-2,5,11,15-16H,3-4,6-8H2. The number of ether oxygens (including phenoxy) is 1. The summed E-state index contributed by atoms with van der Waals surface area (Å²) in [6.45, 7) is 3.77. The van der Waals surface area contributed by atoms with Gasteiger partial charge in [-0.05, 0) is 18.2 Å². The first-order valence-electron chi connectivity index (χ1n) is 5.72. The van der Waals surface area contributed by atoms with Crippen LogP contribution in [-0.2, 0) is 11.3 Å². The lowest BCUT2D eigenvalue weighted by atomic mass is 10.2. The molecule has 0 saturated carbocycles. The van der Waals surface area contributed by atoms with E-state index in [1.807, 2.05) is 0 Å². The minimum atomic E-state index is -0.177. The van der Waals surface area contributed by atoms with Gasteiger partial charge in [-0.3, -0.25) is 0 Å². The SMILES string of the molecule is Fc1ccc(Br)cc1CNCC1CNCCO1. The van der Waals surface area contributed by atoms with Gasteiger partial charge in [0.1, 0.15) is 5.82 Å². The van der Waals surface area contributed by atoms with Gasteiger partial charge < -0.3 is 15.4 Å². The van der Waals surface area contributed by atoms with E-state index >= 15 is 0 Å². The third-order valence-corrected chi connectivity index (χ3v) is 3.19. The molecule has 1 aliphatic rings. The van der Waals surface area contributed by atoms with Crippen LogP contribution in [0.4, 0.5) is 4.39 Å². The molecule has 0 radical (unpaired) electrons. The molecule has 1 unspecified atom stereocenters. The maximum Gasteiger partial charge on any atom is 0.127 e. The Hall–Kier alpha value is -0.490. The number of hydrogen-bond acceptors (Lipinski definition) is 3. The molecule has 0 spiro atoms. The van der Waals surface area contributed by atoms with Crippen LogP contribution in [0.5, 0.6) is 0 Å². The maximum atomic E-state index is 13.4. The average molecular weight is 303 g/mol. The summed E-state index contributed by atoms with van der Waals surface area (Å²) in [5, 5.41) is 6.47. The lowest BCUT2D eigenvalue weighted by Crippen LogP contribution is -2.43. The first-order chi connectivity index (χ1) is 8.25. The third-order valence-electron chi connectivity index (χ3n) is 2.70. The van der Waals surface area contributed by atoms with Crippen molar-refractivity contribution >= 4 is 15.9 Å². The predicted octanol–water partition coefficient (Wildman–Crippen LogP) is 1.67. The molecule has 1 saturated heterocycles. The summed E-state index contributed by atoms with van der Waals surface area (Å²) in [7, 11) is 0. The normalized spacial score (nSPS) is 20.5. The Balaban J connectivity index is 1.79. The van der Waals surface area contributed by atoms with Crippen molar-refractivity contribution in [3.8, 4) is 0 Å². The molecule has 5 heteroatoms. The fourth-order valence-electron chi connectivity index (χ4n) is 1.80. The van der Waals surface area contributed by atoms with E-state index in [-0.39, 0.29) is 11.9 Å². The largest absolute Gasteiger partial charge is 0.374 e. The van der Waals surface area contributed by atoms with Crippen LogP contribution < -0.4 is 10.6 Å². The van der Waals surface area contributed by atoms with Crippen LogP contribution in [-0.4, -0.2) is 32.3 Å². The topological polar surface area (TPSA) is 33.3 Å². The molecule has 1 aromatic carbocycles. The van der Waals surface area contributed by atoms with E-state index in [1.54, 1.807) is 12.1 Å². The fourth-order valence-corrected chi connectivity index (χ4v) is 2.21. The molecule has 2 rings (SSSR count). The van der Waals surface area contributed by atoms with Gasteiger partial charge in [0.2, 0.25) is 0 Å². The van der Waals surface area contributed by atoms with Crippen molar-refractivity contribution < 1.29 is 9.13 Å². The fraction of sp³-hybridized carbons (Fsp3) is 0.500. The lowest BCUT2D eigenvalue weighted by Gasteiger charge is -2.23. The zero-order chi connectivity index (χ0) is 12.1. The van der Waals surface area contributed by atoms with Gasteiger partial charge in [0, 0.05) is 36.2 Å². The second-order valence-electron chi connectivity index (χ2n) is 4.06. The molecule has 1 heterocycles. The minimum absolute atomic E-state index is 0.177. The molecule has 0 amide bonds. The minimum Gasteiger partial charge on any atom is -0.374 e. The van der Waals surface area contributed by atoms with Gasteiger partial charge in [-0.25, -0.2) is 4.39 Å². The molecular weight excluding hydrogens is 287 g/mol.